The highest BCUT2D eigenvalue weighted by Gasteiger charge is 1.81. The summed E-state index contributed by atoms with van der Waals surface area (Å²) in [6, 6.07) is 0. The van der Waals surface area contributed by atoms with Crippen molar-refractivity contribution in [3.05, 3.63) is 0 Å². The van der Waals surface area contributed by atoms with Gasteiger partial charge in [-0.3, -0.25) is 4.55 Å². The van der Waals surface area contributed by atoms with Gasteiger partial charge in [0.15, 0.2) is 0 Å². The van der Waals surface area contributed by atoms with Crippen LogP contribution in [0.5, 0.6) is 0 Å². The molecule has 0 heterocycles. The molecule has 0 radical (unpaired) electrons. The molecule has 0 aliphatic rings. The first-order chi connectivity index (χ1) is 6.41. The van der Waals surface area contributed by atoms with Gasteiger partial charge in [0.1, 0.15) is 0 Å². The first-order valence-corrected chi connectivity index (χ1v) is 6.25. The summed E-state index contributed by atoms with van der Waals surface area (Å²) in [5.74, 6) is 5.85. The predicted octanol–water partition coefficient (Wildman–Crippen LogP) is 1.07. The molecule has 14 heavy (non-hydrogen) atoms. The van der Waals surface area contributed by atoms with Crippen LogP contribution < -0.4 is 0 Å². The molecule has 0 saturated carbocycles. The average Bonchev–Trinajstić information content (AvgIpc) is 2.01. The third-order valence-corrected chi connectivity index (χ3v) is 1.02. The maximum Gasteiger partial charge on any atom is 0.261 e. The van der Waals surface area contributed by atoms with Crippen LogP contribution in [0.15, 0.2) is 0 Å². The summed E-state index contributed by atoms with van der Waals surface area (Å²) in [5, 5.41) is 8.32. The summed E-state index contributed by atoms with van der Waals surface area (Å²) in [5.41, 5.74) is 0. The molecular formula is C9H18O4S. The van der Waals surface area contributed by atoms with E-state index in [1.807, 2.05) is 0 Å². The molecule has 0 amide bonds. The van der Waals surface area contributed by atoms with Crippen LogP contribution in [0.4, 0.5) is 0 Å². The van der Waals surface area contributed by atoms with Gasteiger partial charge in [0.25, 0.3) is 10.1 Å². The molecule has 0 saturated heterocycles. The topological polar surface area (TPSA) is 74.6 Å². The average molecular weight is 222 g/mol. The summed E-state index contributed by atoms with van der Waals surface area (Å²) in [6.45, 7) is 2.34. The zero-order chi connectivity index (χ0) is 11.4. The van der Waals surface area contributed by atoms with Crippen molar-refractivity contribution in [3.8, 4) is 11.8 Å². The lowest BCUT2D eigenvalue weighted by atomic mass is 10.2. The normalized spacial score (nSPS) is 9.43. The standard InChI is InChI=1S/C8H14O.CH4O3S/c1-2-3-4-5-6-7-8-9;1-5(2,3)4/h9H,2-4,7-8H2,1H3;1H3,(H,2,3,4). The van der Waals surface area contributed by atoms with Gasteiger partial charge in [-0.05, 0) is 6.42 Å². The molecule has 0 unspecified atom stereocenters. The van der Waals surface area contributed by atoms with Crippen LogP contribution in [0.1, 0.15) is 32.6 Å². The fourth-order valence-electron chi connectivity index (χ4n) is 0.498. The van der Waals surface area contributed by atoms with Crippen LogP contribution in [0, 0.1) is 11.8 Å². The molecule has 2 N–H and O–H groups in total. The summed E-state index contributed by atoms with van der Waals surface area (Å²) in [6.07, 6.45) is 4.71. The molecule has 0 aliphatic carbocycles. The van der Waals surface area contributed by atoms with Crippen LogP contribution in [0.2, 0.25) is 0 Å². The Morgan fingerprint density at radius 2 is 1.64 bits per heavy atom. The molecule has 0 spiro atoms. The van der Waals surface area contributed by atoms with E-state index in [-0.39, 0.29) is 6.61 Å². The lowest BCUT2D eigenvalue weighted by Crippen LogP contribution is -1.88. The Morgan fingerprint density at radius 3 is 2.00 bits per heavy atom. The summed E-state index contributed by atoms with van der Waals surface area (Å²) >= 11 is 0. The zero-order valence-corrected chi connectivity index (χ0v) is 9.47. The van der Waals surface area contributed by atoms with Crippen LogP contribution in [-0.2, 0) is 10.1 Å². The van der Waals surface area contributed by atoms with Crippen molar-refractivity contribution in [2.75, 3.05) is 12.9 Å². The first-order valence-electron chi connectivity index (χ1n) is 4.40. The number of unbranched alkanes of at least 4 members (excludes halogenated alkanes) is 2. The van der Waals surface area contributed by atoms with Crippen molar-refractivity contribution < 1.29 is 18.1 Å². The van der Waals surface area contributed by atoms with E-state index in [0.717, 1.165) is 6.42 Å². The summed E-state index contributed by atoms with van der Waals surface area (Å²) in [7, 11) is -3.67. The zero-order valence-electron chi connectivity index (χ0n) is 8.65. The molecule has 0 rings (SSSR count). The molecule has 0 fully saturated rings. The fraction of sp³-hybridized carbons (Fsp3) is 0.778. The molecule has 0 aromatic heterocycles. The monoisotopic (exact) mass is 222 g/mol. The van der Waals surface area contributed by atoms with Crippen LogP contribution in [0.3, 0.4) is 0 Å². The third kappa shape index (κ3) is 42.2. The number of aliphatic hydroxyl groups excluding tert-OH is 1. The Balaban J connectivity index is 0. The maximum absolute atomic E-state index is 9.19. The molecule has 0 bridgehead atoms. The van der Waals surface area contributed by atoms with Gasteiger partial charge < -0.3 is 5.11 Å². The van der Waals surface area contributed by atoms with Gasteiger partial charge in [0, 0.05) is 12.8 Å². The first kappa shape index (κ1) is 15.9. The Bertz CT molecular complexity index is 250. The molecule has 5 heteroatoms. The van der Waals surface area contributed by atoms with Crippen molar-refractivity contribution >= 4 is 10.1 Å². The quantitative estimate of drug-likeness (QED) is 0.425. The van der Waals surface area contributed by atoms with E-state index in [0.29, 0.717) is 12.7 Å². The van der Waals surface area contributed by atoms with E-state index in [2.05, 4.69) is 18.8 Å². The lowest BCUT2D eigenvalue weighted by Gasteiger charge is -1.83. The highest BCUT2D eigenvalue weighted by Crippen LogP contribution is 1.90. The predicted molar refractivity (Wildman–Crippen MR) is 56.5 cm³/mol. The van der Waals surface area contributed by atoms with Crippen LogP contribution in [0.25, 0.3) is 0 Å². The van der Waals surface area contributed by atoms with Crippen LogP contribution >= 0.6 is 0 Å². The van der Waals surface area contributed by atoms with Gasteiger partial charge in [0.2, 0.25) is 0 Å². The van der Waals surface area contributed by atoms with E-state index < -0.39 is 10.1 Å². The maximum atomic E-state index is 9.19. The number of aliphatic hydroxyl groups is 1. The Hall–Kier alpha value is -0.570. The fourth-order valence-corrected chi connectivity index (χ4v) is 0.498. The largest absolute Gasteiger partial charge is 0.395 e. The molecule has 0 atom stereocenters. The van der Waals surface area contributed by atoms with Gasteiger partial charge in [0.05, 0.1) is 12.9 Å². The molecule has 0 aromatic rings. The minimum Gasteiger partial charge on any atom is -0.395 e. The number of hydrogen-bond acceptors (Lipinski definition) is 3. The number of rotatable bonds is 3. The van der Waals surface area contributed by atoms with Gasteiger partial charge in [-0.2, -0.15) is 8.42 Å². The van der Waals surface area contributed by atoms with Crippen molar-refractivity contribution in [1.82, 2.24) is 0 Å². The Morgan fingerprint density at radius 1 is 1.21 bits per heavy atom. The van der Waals surface area contributed by atoms with Crippen LogP contribution in [-0.4, -0.2) is 30.9 Å². The van der Waals surface area contributed by atoms with E-state index in [1.165, 1.54) is 12.8 Å². The lowest BCUT2D eigenvalue weighted by molar-refractivity contribution is 0.305. The second-order valence-corrected chi connectivity index (χ2v) is 4.13. The SMILES string of the molecule is CCCCC#CCCO.CS(=O)(=O)O. The second kappa shape index (κ2) is 10.5. The van der Waals surface area contributed by atoms with Crippen molar-refractivity contribution in [1.29, 1.82) is 0 Å². The smallest absolute Gasteiger partial charge is 0.261 e. The van der Waals surface area contributed by atoms with Gasteiger partial charge >= 0.3 is 0 Å². The highest BCUT2D eigenvalue weighted by atomic mass is 32.2. The molecule has 0 aliphatic heterocycles. The molecule has 0 aromatic carbocycles. The van der Waals surface area contributed by atoms with Gasteiger partial charge in [-0.25, -0.2) is 0 Å². The second-order valence-electron chi connectivity index (χ2n) is 2.66. The molecule has 84 valence electrons. The van der Waals surface area contributed by atoms with E-state index in [1.54, 1.807) is 0 Å². The van der Waals surface area contributed by atoms with E-state index in [4.69, 9.17) is 9.66 Å². The van der Waals surface area contributed by atoms with E-state index >= 15 is 0 Å². The highest BCUT2D eigenvalue weighted by molar-refractivity contribution is 7.85. The minimum atomic E-state index is -3.67. The van der Waals surface area contributed by atoms with Gasteiger partial charge in [-0.15, -0.1) is 11.8 Å². The summed E-state index contributed by atoms with van der Waals surface area (Å²) < 4.78 is 25.9. The van der Waals surface area contributed by atoms with Crippen molar-refractivity contribution in [3.63, 3.8) is 0 Å². The minimum absolute atomic E-state index is 0.194. The Labute approximate surface area is 86.1 Å². The molecular weight excluding hydrogens is 204 g/mol. The van der Waals surface area contributed by atoms with Crippen molar-refractivity contribution in [2.24, 2.45) is 0 Å². The van der Waals surface area contributed by atoms with Gasteiger partial charge in [-0.1, -0.05) is 13.3 Å². The third-order valence-electron chi connectivity index (χ3n) is 1.02. The summed E-state index contributed by atoms with van der Waals surface area (Å²) in [4.78, 5) is 0. The molecule has 4 nitrogen and oxygen atoms in total. The van der Waals surface area contributed by atoms with E-state index in [9.17, 15) is 8.42 Å². The number of hydrogen-bond donors (Lipinski definition) is 2. The van der Waals surface area contributed by atoms with Crippen molar-refractivity contribution in [2.45, 2.75) is 32.6 Å². The Kier molecular flexibility index (Phi) is 11.9.